The highest BCUT2D eigenvalue weighted by atomic mass is 19.4. The lowest BCUT2D eigenvalue weighted by Crippen LogP contribution is -2.75. The second kappa shape index (κ2) is 7.11. The van der Waals surface area contributed by atoms with E-state index in [4.69, 9.17) is 4.74 Å². The fraction of sp³-hybridized carbons (Fsp3) is 0.409. The van der Waals surface area contributed by atoms with Crippen LogP contribution in [0, 0.1) is 12.3 Å². The van der Waals surface area contributed by atoms with Gasteiger partial charge >= 0.3 is 6.36 Å². The molecule has 0 radical (unpaired) electrons. The van der Waals surface area contributed by atoms with E-state index in [1.807, 2.05) is 23.7 Å². The summed E-state index contributed by atoms with van der Waals surface area (Å²) in [7, 11) is 0. The molecule has 0 saturated heterocycles. The molecule has 0 aliphatic heterocycles. The molecular weight excluding hydrogens is 425 g/mol. The highest BCUT2D eigenvalue weighted by Gasteiger charge is 2.68. The van der Waals surface area contributed by atoms with Crippen LogP contribution >= 0.6 is 0 Å². The smallest absolute Gasteiger partial charge is 0.484 e. The molecule has 3 aromatic rings. The Kier molecular flexibility index (Phi) is 4.58. The van der Waals surface area contributed by atoms with Crippen LogP contribution in [0.5, 0.6) is 11.5 Å². The van der Waals surface area contributed by atoms with Gasteiger partial charge in [-0.2, -0.15) is 5.10 Å². The van der Waals surface area contributed by atoms with Crippen LogP contribution in [0.3, 0.4) is 0 Å². The van der Waals surface area contributed by atoms with Gasteiger partial charge in [-0.15, -0.1) is 13.2 Å². The van der Waals surface area contributed by atoms with E-state index >= 15 is 0 Å². The number of hydrogen-bond acceptors (Lipinski definition) is 5. The Morgan fingerprint density at radius 2 is 1.88 bits per heavy atom. The van der Waals surface area contributed by atoms with Crippen molar-refractivity contribution in [3.05, 3.63) is 54.1 Å². The third kappa shape index (κ3) is 3.96. The summed E-state index contributed by atoms with van der Waals surface area (Å²) in [5.74, 6) is -0.302. The molecule has 32 heavy (non-hydrogen) atoms. The average Bonchev–Trinajstić information content (AvgIpc) is 3.05. The van der Waals surface area contributed by atoms with E-state index in [1.165, 1.54) is 12.1 Å². The van der Waals surface area contributed by atoms with Crippen molar-refractivity contribution < 1.29 is 27.4 Å². The van der Waals surface area contributed by atoms with Crippen LogP contribution in [0.15, 0.2) is 42.7 Å². The van der Waals surface area contributed by atoms with Crippen LogP contribution in [0.25, 0.3) is 5.52 Å². The molecule has 0 spiro atoms. The van der Waals surface area contributed by atoms with Crippen molar-refractivity contribution in [3.8, 4) is 11.5 Å². The Morgan fingerprint density at radius 1 is 1.19 bits per heavy atom. The first kappa shape index (κ1) is 20.6. The maximum Gasteiger partial charge on any atom is 0.573 e. The number of benzene rings is 1. The molecule has 2 bridgehead atoms. The van der Waals surface area contributed by atoms with E-state index in [9.17, 15) is 18.0 Å². The Morgan fingerprint density at radius 3 is 2.56 bits per heavy atom. The number of carbonyl (C=O) groups is 1. The lowest BCUT2D eigenvalue weighted by Gasteiger charge is -2.70. The van der Waals surface area contributed by atoms with Gasteiger partial charge in [-0.3, -0.25) is 9.78 Å². The topological polar surface area (TPSA) is 77.8 Å². The maximum absolute atomic E-state index is 12.3. The molecule has 168 valence electrons. The predicted octanol–water partition coefficient (Wildman–Crippen LogP) is 3.60. The summed E-state index contributed by atoms with van der Waals surface area (Å²) in [6, 6.07) is 6.97. The van der Waals surface area contributed by atoms with Gasteiger partial charge in [0.15, 0.2) is 6.61 Å². The van der Waals surface area contributed by atoms with Crippen LogP contribution in [-0.4, -0.2) is 39.0 Å². The molecular formula is C22H21F3N4O3. The minimum absolute atomic E-state index is 0.162. The summed E-state index contributed by atoms with van der Waals surface area (Å²) >= 11 is 0. The molecule has 3 fully saturated rings. The summed E-state index contributed by atoms with van der Waals surface area (Å²) in [6.45, 7) is 1.75. The summed E-state index contributed by atoms with van der Waals surface area (Å²) in [5.41, 5.74) is 2.96. The molecule has 0 unspecified atom stereocenters. The van der Waals surface area contributed by atoms with Crippen molar-refractivity contribution in [2.24, 2.45) is 5.41 Å². The van der Waals surface area contributed by atoms with E-state index in [1.54, 1.807) is 6.20 Å². The van der Waals surface area contributed by atoms with Crippen LogP contribution in [0.1, 0.15) is 30.7 Å². The van der Waals surface area contributed by atoms with Gasteiger partial charge in [0, 0.05) is 17.9 Å². The third-order valence-electron chi connectivity index (χ3n) is 6.11. The highest BCUT2D eigenvalue weighted by molar-refractivity contribution is 5.79. The first-order chi connectivity index (χ1) is 15.1. The lowest BCUT2D eigenvalue weighted by molar-refractivity contribution is -0.274. The van der Waals surface area contributed by atoms with Gasteiger partial charge in [0.05, 0.1) is 16.9 Å². The van der Waals surface area contributed by atoms with E-state index < -0.39 is 6.36 Å². The number of aryl methyl sites for hydroxylation is 1. The molecule has 1 N–H and O–H groups in total. The molecule has 0 atom stereocenters. The Bertz CT molecular complexity index is 1150. The fourth-order valence-electron chi connectivity index (χ4n) is 5.13. The van der Waals surface area contributed by atoms with E-state index in [0.717, 1.165) is 54.7 Å². The highest BCUT2D eigenvalue weighted by Crippen LogP contribution is 2.68. The molecule has 7 nitrogen and oxygen atoms in total. The van der Waals surface area contributed by atoms with Crippen LogP contribution < -0.4 is 14.8 Å². The number of rotatable bonds is 7. The average molecular weight is 446 g/mol. The van der Waals surface area contributed by atoms with Crippen LogP contribution in [0.4, 0.5) is 13.2 Å². The molecule has 2 aromatic heterocycles. The second-order valence-electron chi connectivity index (χ2n) is 8.83. The van der Waals surface area contributed by atoms with Gasteiger partial charge in [-0.05, 0) is 68.4 Å². The molecule has 10 heteroatoms. The van der Waals surface area contributed by atoms with E-state index in [-0.39, 0.29) is 29.2 Å². The number of hydrogen-bond donors (Lipinski definition) is 1. The van der Waals surface area contributed by atoms with Crippen molar-refractivity contribution in [1.82, 2.24) is 19.9 Å². The van der Waals surface area contributed by atoms with Gasteiger partial charge in [0.1, 0.15) is 11.5 Å². The maximum atomic E-state index is 12.3. The van der Waals surface area contributed by atoms with Crippen molar-refractivity contribution >= 4 is 11.4 Å². The number of amides is 1. The van der Waals surface area contributed by atoms with Gasteiger partial charge in [-0.1, -0.05) is 0 Å². The van der Waals surface area contributed by atoms with Gasteiger partial charge < -0.3 is 14.8 Å². The largest absolute Gasteiger partial charge is 0.573 e. The van der Waals surface area contributed by atoms with Crippen LogP contribution in [-0.2, 0) is 11.2 Å². The molecule has 6 rings (SSSR count). The van der Waals surface area contributed by atoms with E-state index in [2.05, 4.69) is 20.1 Å². The SMILES string of the molecule is Cc1cc2c(CC34CC(NC(=O)COc5ccc(OC(F)(F)F)cc5)(C3)C4)nccn2n1. The standard InChI is InChI=1S/C22H21F3N4O3/c1-14-8-18-17(26-6-7-29(18)28-14)9-20-11-21(12-20,13-20)27-19(30)10-31-15-2-4-16(5-3-15)32-22(23,24)25/h2-8H,9-13H2,1H3,(H,27,30). The lowest BCUT2D eigenvalue weighted by atomic mass is 9.38. The zero-order valence-electron chi connectivity index (χ0n) is 17.3. The number of halogens is 3. The monoisotopic (exact) mass is 446 g/mol. The Balaban J connectivity index is 1.10. The number of nitrogens with one attached hydrogen (secondary N) is 1. The summed E-state index contributed by atoms with van der Waals surface area (Å²) in [5, 5.41) is 7.48. The van der Waals surface area contributed by atoms with Crippen molar-refractivity contribution in [1.29, 1.82) is 0 Å². The zero-order valence-corrected chi connectivity index (χ0v) is 17.3. The zero-order chi connectivity index (χ0) is 22.6. The number of nitrogens with zero attached hydrogens (tertiary/aromatic N) is 3. The number of aromatic nitrogens is 3. The molecule has 3 saturated carbocycles. The van der Waals surface area contributed by atoms with Crippen molar-refractivity contribution in [2.75, 3.05) is 6.61 Å². The van der Waals surface area contributed by atoms with Gasteiger partial charge in [0.2, 0.25) is 0 Å². The number of fused-ring (bicyclic) bond motifs is 1. The first-order valence-electron chi connectivity index (χ1n) is 10.2. The van der Waals surface area contributed by atoms with Crippen molar-refractivity contribution in [3.63, 3.8) is 0 Å². The molecule has 1 amide bonds. The predicted molar refractivity (Wildman–Crippen MR) is 107 cm³/mol. The van der Waals surface area contributed by atoms with Crippen molar-refractivity contribution in [2.45, 2.75) is 44.5 Å². The number of alkyl halides is 3. The molecule has 3 aliphatic carbocycles. The number of ether oxygens (including phenoxy) is 2. The third-order valence-corrected chi connectivity index (χ3v) is 6.11. The summed E-state index contributed by atoms with van der Waals surface area (Å²) < 4.78 is 47.6. The Hall–Kier alpha value is -3.30. The first-order valence-corrected chi connectivity index (χ1v) is 10.2. The minimum atomic E-state index is -4.75. The quantitative estimate of drug-likeness (QED) is 0.600. The van der Waals surface area contributed by atoms with Gasteiger partial charge in [0.25, 0.3) is 5.91 Å². The Labute approximate surface area is 181 Å². The molecule has 2 heterocycles. The minimum Gasteiger partial charge on any atom is -0.484 e. The fourth-order valence-corrected chi connectivity index (χ4v) is 5.13. The summed E-state index contributed by atoms with van der Waals surface area (Å²) in [6.07, 6.45) is 2.39. The normalized spacial score (nSPS) is 23.9. The number of carbonyl (C=O) groups excluding carboxylic acids is 1. The molecule has 3 aliphatic rings. The van der Waals surface area contributed by atoms with E-state index in [0.29, 0.717) is 5.75 Å². The molecule has 1 aromatic carbocycles. The summed E-state index contributed by atoms with van der Waals surface area (Å²) in [4.78, 5) is 16.9. The second-order valence-corrected chi connectivity index (χ2v) is 8.83. The van der Waals surface area contributed by atoms with Gasteiger partial charge in [-0.25, -0.2) is 4.52 Å². The van der Waals surface area contributed by atoms with Crippen LogP contribution in [0.2, 0.25) is 0 Å².